The van der Waals surface area contributed by atoms with E-state index in [9.17, 15) is 22.0 Å². The summed E-state index contributed by atoms with van der Waals surface area (Å²) in [7, 11) is 0. The molecule has 0 saturated heterocycles. The molecule has 0 aliphatic rings. The molecule has 0 amide bonds. The van der Waals surface area contributed by atoms with Crippen molar-refractivity contribution in [3.05, 3.63) is 21.0 Å². The molecule has 0 aliphatic carbocycles. The van der Waals surface area contributed by atoms with Gasteiger partial charge in [-0.1, -0.05) is 0 Å². The maximum atomic E-state index is 12.3. The van der Waals surface area contributed by atoms with Gasteiger partial charge in [0.1, 0.15) is 3.70 Å². The van der Waals surface area contributed by atoms with Crippen molar-refractivity contribution in [2.24, 2.45) is 0 Å². The zero-order valence-electron chi connectivity index (χ0n) is 6.95. The lowest BCUT2D eigenvalue weighted by Gasteiger charge is -2.11. The molecule has 0 bridgehead atoms. The first-order valence-electron chi connectivity index (χ1n) is 3.54. The third-order valence-corrected chi connectivity index (χ3v) is 2.40. The lowest BCUT2D eigenvalue weighted by Crippen LogP contribution is -2.14. The topological polar surface area (TPSA) is 38.9 Å². The summed E-state index contributed by atoms with van der Waals surface area (Å²) in [6.07, 6.45) is -7.63. The zero-order chi connectivity index (χ0) is 11.8. The molecule has 84 valence electrons. The van der Waals surface area contributed by atoms with E-state index in [4.69, 9.17) is 5.73 Å². The van der Waals surface area contributed by atoms with Gasteiger partial charge in [0.05, 0.1) is 11.3 Å². The van der Waals surface area contributed by atoms with Gasteiger partial charge in [-0.3, -0.25) is 0 Å². The second-order valence-corrected chi connectivity index (χ2v) is 3.63. The van der Waals surface area contributed by atoms with Crippen molar-refractivity contribution in [2.45, 2.75) is 12.6 Å². The Bertz CT molecular complexity index is 376. The van der Waals surface area contributed by atoms with E-state index in [2.05, 4.69) is 4.98 Å². The zero-order valence-corrected chi connectivity index (χ0v) is 9.10. The minimum Gasteiger partial charge on any atom is -0.397 e. The number of nitrogen functional groups attached to an aromatic ring is 1. The van der Waals surface area contributed by atoms with Gasteiger partial charge in [-0.15, -0.1) is 0 Å². The molecule has 0 aliphatic heterocycles. The molecule has 1 aromatic heterocycles. The first kappa shape index (κ1) is 12.4. The third kappa shape index (κ3) is 2.67. The molecule has 1 heterocycles. The SMILES string of the molecule is Nc1cc(C(F)F)c(I)nc1C(F)(F)F. The Labute approximate surface area is 94.8 Å². The second kappa shape index (κ2) is 4.06. The molecule has 8 heteroatoms. The number of anilines is 1. The number of hydrogen-bond acceptors (Lipinski definition) is 2. The van der Waals surface area contributed by atoms with E-state index in [1.807, 2.05) is 0 Å². The number of alkyl halides is 5. The highest BCUT2D eigenvalue weighted by Crippen LogP contribution is 2.35. The van der Waals surface area contributed by atoms with Crippen LogP contribution in [0.3, 0.4) is 0 Å². The average molecular weight is 338 g/mol. The van der Waals surface area contributed by atoms with Gasteiger partial charge < -0.3 is 5.73 Å². The number of pyridine rings is 1. The molecular formula is C7H4F5IN2. The van der Waals surface area contributed by atoms with Gasteiger partial charge in [0.15, 0.2) is 5.69 Å². The largest absolute Gasteiger partial charge is 0.435 e. The van der Waals surface area contributed by atoms with E-state index in [0.29, 0.717) is 6.07 Å². The van der Waals surface area contributed by atoms with E-state index in [1.54, 1.807) is 0 Å². The Balaban J connectivity index is 3.32. The van der Waals surface area contributed by atoms with Crippen LogP contribution in [-0.2, 0) is 6.18 Å². The summed E-state index contributed by atoms with van der Waals surface area (Å²) >= 11 is 1.31. The van der Waals surface area contributed by atoms with Gasteiger partial charge in [-0.05, 0) is 28.7 Å². The number of halogens is 6. The lowest BCUT2D eigenvalue weighted by atomic mass is 10.2. The molecule has 0 fully saturated rings. The molecule has 1 aromatic rings. The summed E-state index contributed by atoms with van der Waals surface area (Å²) in [5.41, 5.74) is 2.27. The first-order valence-corrected chi connectivity index (χ1v) is 4.62. The molecular weight excluding hydrogens is 334 g/mol. The number of nitrogens with two attached hydrogens (primary N) is 1. The van der Waals surface area contributed by atoms with Crippen molar-refractivity contribution in [3.63, 3.8) is 0 Å². The molecule has 0 atom stereocenters. The molecule has 0 aromatic carbocycles. The minimum absolute atomic E-state index is 0.399. The lowest BCUT2D eigenvalue weighted by molar-refractivity contribution is -0.140. The van der Waals surface area contributed by atoms with Crippen molar-refractivity contribution in [3.8, 4) is 0 Å². The maximum absolute atomic E-state index is 12.3. The summed E-state index contributed by atoms with van der Waals surface area (Å²) in [6, 6.07) is 0.599. The highest BCUT2D eigenvalue weighted by Gasteiger charge is 2.36. The van der Waals surface area contributed by atoms with Crippen LogP contribution in [0.15, 0.2) is 6.07 Å². The van der Waals surface area contributed by atoms with E-state index in [-0.39, 0.29) is 0 Å². The highest BCUT2D eigenvalue weighted by molar-refractivity contribution is 14.1. The molecule has 0 radical (unpaired) electrons. The number of rotatable bonds is 1. The minimum atomic E-state index is -4.73. The highest BCUT2D eigenvalue weighted by atomic mass is 127. The van der Waals surface area contributed by atoms with Crippen LogP contribution in [0.5, 0.6) is 0 Å². The van der Waals surface area contributed by atoms with E-state index < -0.39 is 33.2 Å². The van der Waals surface area contributed by atoms with E-state index >= 15 is 0 Å². The van der Waals surface area contributed by atoms with E-state index in [1.165, 1.54) is 22.6 Å². The van der Waals surface area contributed by atoms with Crippen molar-refractivity contribution in [1.29, 1.82) is 0 Å². The van der Waals surface area contributed by atoms with Gasteiger partial charge in [0, 0.05) is 0 Å². The molecule has 0 spiro atoms. The van der Waals surface area contributed by atoms with Crippen molar-refractivity contribution < 1.29 is 22.0 Å². The van der Waals surface area contributed by atoms with Crippen molar-refractivity contribution in [1.82, 2.24) is 4.98 Å². The fraction of sp³-hybridized carbons (Fsp3) is 0.286. The van der Waals surface area contributed by atoms with Crippen LogP contribution in [0, 0.1) is 3.70 Å². The van der Waals surface area contributed by atoms with Crippen molar-refractivity contribution >= 4 is 28.3 Å². The first-order chi connectivity index (χ1) is 6.73. The van der Waals surface area contributed by atoms with Crippen LogP contribution >= 0.6 is 22.6 Å². The van der Waals surface area contributed by atoms with Crippen LogP contribution in [0.25, 0.3) is 0 Å². The number of nitrogens with zero attached hydrogens (tertiary/aromatic N) is 1. The average Bonchev–Trinajstić information content (AvgIpc) is 2.06. The van der Waals surface area contributed by atoms with Crippen LogP contribution < -0.4 is 5.73 Å². The van der Waals surface area contributed by atoms with Crippen LogP contribution in [0.4, 0.5) is 27.6 Å². The fourth-order valence-electron chi connectivity index (χ4n) is 0.903. The molecule has 2 N–H and O–H groups in total. The van der Waals surface area contributed by atoms with Crippen LogP contribution in [0.1, 0.15) is 17.7 Å². The molecule has 15 heavy (non-hydrogen) atoms. The normalized spacial score (nSPS) is 12.2. The third-order valence-electron chi connectivity index (χ3n) is 1.54. The second-order valence-electron chi connectivity index (χ2n) is 2.60. The van der Waals surface area contributed by atoms with Crippen molar-refractivity contribution in [2.75, 3.05) is 5.73 Å². The van der Waals surface area contributed by atoms with Crippen LogP contribution in [0.2, 0.25) is 0 Å². The summed E-state index contributed by atoms with van der Waals surface area (Å²) in [5.74, 6) is 0. The van der Waals surface area contributed by atoms with Gasteiger partial charge in [0.25, 0.3) is 6.43 Å². The monoisotopic (exact) mass is 338 g/mol. The van der Waals surface area contributed by atoms with Gasteiger partial charge in [-0.25, -0.2) is 13.8 Å². The number of aromatic nitrogens is 1. The molecule has 0 saturated carbocycles. The van der Waals surface area contributed by atoms with E-state index in [0.717, 1.165) is 0 Å². The summed E-state index contributed by atoms with van der Waals surface area (Å²) in [5, 5.41) is 0. The summed E-state index contributed by atoms with van der Waals surface area (Å²) in [6.45, 7) is 0. The summed E-state index contributed by atoms with van der Waals surface area (Å²) < 4.78 is 60.8. The smallest absolute Gasteiger partial charge is 0.397 e. The maximum Gasteiger partial charge on any atom is 0.435 e. The number of hydrogen-bond donors (Lipinski definition) is 1. The Morgan fingerprint density at radius 1 is 1.33 bits per heavy atom. The molecule has 2 nitrogen and oxygen atoms in total. The van der Waals surface area contributed by atoms with Gasteiger partial charge in [-0.2, -0.15) is 13.2 Å². The predicted octanol–water partition coefficient (Wildman–Crippen LogP) is 3.22. The summed E-state index contributed by atoms with van der Waals surface area (Å²) in [4.78, 5) is 3.02. The molecule has 1 rings (SSSR count). The Morgan fingerprint density at radius 2 is 1.87 bits per heavy atom. The standard InChI is InChI=1S/C7H4F5IN2/c8-5(9)2-1-3(14)4(7(10,11)12)15-6(2)13/h1,5H,14H2. The van der Waals surface area contributed by atoms with Gasteiger partial charge in [0.2, 0.25) is 0 Å². The predicted molar refractivity (Wildman–Crippen MR) is 51.3 cm³/mol. The van der Waals surface area contributed by atoms with Crippen LogP contribution in [-0.4, -0.2) is 4.98 Å². The van der Waals surface area contributed by atoms with Gasteiger partial charge >= 0.3 is 6.18 Å². The Morgan fingerprint density at radius 3 is 2.27 bits per heavy atom. The Hall–Kier alpha value is -0.670. The quantitative estimate of drug-likeness (QED) is 0.485. The fourth-order valence-corrected chi connectivity index (χ4v) is 1.54. The Kier molecular flexibility index (Phi) is 3.36. The molecule has 0 unspecified atom stereocenters.